The first-order valence-corrected chi connectivity index (χ1v) is 6.07. The zero-order valence-corrected chi connectivity index (χ0v) is 9.43. The molecule has 0 aromatic heterocycles. The summed E-state index contributed by atoms with van der Waals surface area (Å²) in [7, 11) is 0. The predicted octanol–water partition coefficient (Wildman–Crippen LogP) is 1.36. The van der Waals surface area contributed by atoms with E-state index in [2.05, 4.69) is 10.6 Å². The number of urea groups is 1. The maximum absolute atomic E-state index is 11.4. The number of hydrogen-bond donors (Lipinski definition) is 3. The van der Waals surface area contributed by atoms with Gasteiger partial charge in [-0.2, -0.15) is 0 Å². The largest absolute Gasteiger partial charge is 0.338 e. The number of hydrogen-bond acceptors (Lipinski definition) is 2. The minimum atomic E-state index is -0.00496. The summed E-state index contributed by atoms with van der Waals surface area (Å²) in [6.45, 7) is 1.51. The van der Waals surface area contributed by atoms with Crippen LogP contribution in [0.15, 0.2) is 0 Å². The highest BCUT2D eigenvalue weighted by atomic mass is 16.2. The van der Waals surface area contributed by atoms with E-state index in [-0.39, 0.29) is 6.03 Å². The second-order valence-corrected chi connectivity index (χ2v) is 4.23. The molecular weight excluding hydrogens is 190 g/mol. The molecule has 0 spiro atoms. The lowest BCUT2D eigenvalue weighted by Gasteiger charge is -2.12. The lowest BCUT2D eigenvalue weighted by Crippen LogP contribution is -2.41. The summed E-state index contributed by atoms with van der Waals surface area (Å²) in [5, 5.41) is 5.87. The van der Waals surface area contributed by atoms with Crippen LogP contribution in [-0.4, -0.2) is 25.2 Å². The van der Waals surface area contributed by atoms with Gasteiger partial charge in [-0.15, -0.1) is 0 Å². The maximum Gasteiger partial charge on any atom is 0.315 e. The molecule has 0 bridgehead atoms. The van der Waals surface area contributed by atoms with E-state index in [0.717, 1.165) is 45.2 Å². The second-order valence-electron chi connectivity index (χ2n) is 4.23. The number of rotatable bonds is 6. The van der Waals surface area contributed by atoms with Crippen LogP contribution in [0.4, 0.5) is 4.79 Å². The van der Waals surface area contributed by atoms with Crippen LogP contribution in [0.1, 0.15) is 44.9 Å². The molecule has 4 nitrogen and oxygen atoms in total. The van der Waals surface area contributed by atoms with E-state index in [9.17, 15) is 4.79 Å². The van der Waals surface area contributed by atoms with Gasteiger partial charge in [0.2, 0.25) is 0 Å². The SMILES string of the molecule is NCCCCCNC(=O)NC1CCCC1. The molecule has 0 aliphatic heterocycles. The third kappa shape index (κ3) is 5.62. The van der Waals surface area contributed by atoms with Crippen LogP contribution in [0.2, 0.25) is 0 Å². The number of carbonyl (C=O) groups excluding carboxylic acids is 1. The van der Waals surface area contributed by atoms with Gasteiger partial charge in [0.25, 0.3) is 0 Å². The summed E-state index contributed by atoms with van der Waals surface area (Å²) >= 11 is 0. The summed E-state index contributed by atoms with van der Waals surface area (Å²) in [6.07, 6.45) is 7.95. The van der Waals surface area contributed by atoms with Crippen LogP contribution in [0.5, 0.6) is 0 Å². The molecule has 2 amide bonds. The van der Waals surface area contributed by atoms with Gasteiger partial charge in [0.05, 0.1) is 0 Å². The minimum absolute atomic E-state index is 0.00496. The Balaban J connectivity index is 1.93. The van der Waals surface area contributed by atoms with Crippen molar-refractivity contribution < 1.29 is 4.79 Å². The van der Waals surface area contributed by atoms with Gasteiger partial charge >= 0.3 is 6.03 Å². The normalized spacial score (nSPS) is 16.6. The Labute approximate surface area is 92.0 Å². The van der Waals surface area contributed by atoms with Crippen molar-refractivity contribution in [2.75, 3.05) is 13.1 Å². The topological polar surface area (TPSA) is 67.1 Å². The molecule has 0 radical (unpaired) electrons. The summed E-state index contributed by atoms with van der Waals surface area (Å²) in [5.41, 5.74) is 5.38. The quantitative estimate of drug-likeness (QED) is 0.583. The van der Waals surface area contributed by atoms with Gasteiger partial charge in [-0.05, 0) is 32.2 Å². The maximum atomic E-state index is 11.4. The van der Waals surface area contributed by atoms with Crippen molar-refractivity contribution in [3.8, 4) is 0 Å². The van der Waals surface area contributed by atoms with Gasteiger partial charge in [-0.3, -0.25) is 0 Å². The Morgan fingerprint density at radius 2 is 1.93 bits per heavy atom. The smallest absolute Gasteiger partial charge is 0.315 e. The van der Waals surface area contributed by atoms with Gasteiger partial charge in [0, 0.05) is 12.6 Å². The first kappa shape index (κ1) is 12.3. The molecule has 1 rings (SSSR count). The molecule has 0 atom stereocenters. The van der Waals surface area contributed by atoms with Crippen LogP contribution in [0.25, 0.3) is 0 Å². The van der Waals surface area contributed by atoms with Gasteiger partial charge in [-0.25, -0.2) is 4.79 Å². The molecule has 0 unspecified atom stereocenters. The molecule has 4 heteroatoms. The molecule has 88 valence electrons. The number of nitrogens with two attached hydrogens (primary N) is 1. The van der Waals surface area contributed by atoms with Crippen molar-refractivity contribution in [1.82, 2.24) is 10.6 Å². The standard InChI is InChI=1S/C11H23N3O/c12-8-4-1-5-9-13-11(15)14-10-6-2-3-7-10/h10H,1-9,12H2,(H2,13,14,15). The molecule has 1 fully saturated rings. The number of unbranched alkanes of at least 4 members (excludes halogenated alkanes) is 2. The number of amides is 2. The van der Waals surface area contributed by atoms with Crippen molar-refractivity contribution in [2.45, 2.75) is 51.0 Å². The third-order valence-electron chi connectivity index (χ3n) is 2.86. The molecule has 15 heavy (non-hydrogen) atoms. The average molecular weight is 213 g/mol. The predicted molar refractivity (Wildman–Crippen MR) is 61.7 cm³/mol. The van der Waals surface area contributed by atoms with Crippen LogP contribution in [-0.2, 0) is 0 Å². The molecule has 4 N–H and O–H groups in total. The van der Waals surface area contributed by atoms with Crippen molar-refractivity contribution in [2.24, 2.45) is 5.73 Å². The Hall–Kier alpha value is -0.770. The highest BCUT2D eigenvalue weighted by Crippen LogP contribution is 2.17. The Morgan fingerprint density at radius 1 is 1.20 bits per heavy atom. The molecule has 1 aliphatic rings. The summed E-state index contributed by atoms with van der Waals surface area (Å²) < 4.78 is 0. The highest BCUT2D eigenvalue weighted by Gasteiger charge is 2.16. The molecule has 1 aliphatic carbocycles. The zero-order chi connectivity index (χ0) is 10.9. The lowest BCUT2D eigenvalue weighted by molar-refractivity contribution is 0.237. The molecule has 0 saturated heterocycles. The van der Waals surface area contributed by atoms with Gasteiger partial charge in [0.1, 0.15) is 0 Å². The van der Waals surface area contributed by atoms with E-state index in [4.69, 9.17) is 5.73 Å². The van der Waals surface area contributed by atoms with Crippen LogP contribution < -0.4 is 16.4 Å². The summed E-state index contributed by atoms with van der Waals surface area (Å²) in [6, 6.07) is 0.406. The lowest BCUT2D eigenvalue weighted by atomic mass is 10.2. The third-order valence-corrected chi connectivity index (χ3v) is 2.86. The Bertz CT molecular complexity index is 179. The van der Waals surface area contributed by atoms with Crippen molar-refractivity contribution in [1.29, 1.82) is 0 Å². The fourth-order valence-electron chi connectivity index (χ4n) is 1.95. The summed E-state index contributed by atoms with van der Waals surface area (Å²) in [4.78, 5) is 11.4. The molecule has 0 aromatic rings. The van der Waals surface area contributed by atoms with E-state index in [1.54, 1.807) is 0 Å². The van der Waals surface area contributed by atoms with Crippen LogP contribution >= 0.6 is 0 Å². The fourth-order valence-corrected chi connectivity index (χ4v) is 1.95. The van der Waals surface area contributed by atoms with Crippen molar-refractivity contribution >= 4 is 6.03 Å². The van der Waals surface area contributed by atoms with Crippen molar-refractivity contribution in [3.05, 3.63) is 0 Å². The highest BCUT2D eigenvalue weighted by molar-refractivity contribution is 5.74. The Kier molecular flexibility index (Phi) is 6.16. The molecule has 0 aromatic carbocycles. The van der Waals surface area contributed by atoms with Crippen LogP contribution in [0.3, 0.4) is 0 Å². The van der Waals surface area contributed by atoms with Gasteiger partial charge < -0.3 is 16.4 Å². The fraction of sp³-hybridized carbons (Fsp3) is 0.909. The van der Waals surface area contributed by atoms with E-state index < -0.39 is 0 Å². The van der Waals surface area contributed by atoms with E-state index in [1.807, 2.05) is 0 Å². The van der Waals surface area contributed by atoms with Crippen LogP contribution in [0, 0.1) is 0 Å². The van der Waals surface area contributed by atoms with E-state index in [1.165, 1.54) is 12.8 Å². The first-order valence-electron chi connectivity index (χ1n) is 6.07. The van der Waals surface area contributed by atoms with E-state index in [0.29, 0.717) is 6.04 Å². The van der Waals surface area contributed by atoms with Crippen molar-refractivity contribution in [3.63, 3.8) is 0 Å². The molecule has 1 saturated carbocycles. The molecule has 0 heterocycles. The second kappa shape index (κ2) is 7.51. The number of nitrogens with one attached hydrogen (secondary N) is 2. The molecular formula is C11H23N3O. The summed E-state index contributed by atoms with van der Waals surface area (Å²) in [5.74, 6) is 0. The van der Waals surface area contributed by atoms with E-state index >= 15 is 0 Å². The zero-order valence-electron chi connectivity index (χ0n) is 9.43. The van der Waals surface area contributed by atoms with Gasteiger partial charge in [-0.1, -0.05) is 19.3 Å². The van der Waals surface area contributed by atoms with Gasteiger partial charge in [0.15, 0.2) is 0 Å². The first-order chi connectivity index (χ1) is 7.33. The Morgan fingerprint density at radius 3 is 2.60 bits per heavy atom. The minimum Gasteiger partial charge on any atom is -0.338 e. The average Bonchev–Trinajstić information content (AvgIpc) is 2.70. The monoisotopic (exact) mass is 213 g/mol. The number of carbonyl (C=O) groups is 1.